The number of para-hydroxylation sites is 2. The van der Waals surface area contributed by atoms with Gasteiger partial charge in [-0.05, 0) is 76.0 Å². The van der Waals surface area contributed by atoms with Crippen molar-refractivity contribution in [2.24, 2.45) is 0 Å². The molecular formula is C46H29NOS. The monoisotopic (exact) mass is 643 g/mol. The molecule has 2 heterocycles. The Labute approximate surface area is 287 Å². The highest BCUT2D eigenvalue weighted by atomic mass is 32.1. The summed E-state index contributed by atoms with van der Waals surface area (Å²) in [7, 11) is 0. The predicted octanol–water partition coefficient (Wildman–Crippen LogP) is 13.9. The lowest BCUT2D eigenvalue weighted by atomic mass is 9.95. The highest BCUT2D eigenvalue weighted by molar-refractivity contribution is 7.25. The molecule has 49 heavy (non-hydrogen) atoms. The van der Waals surface area contributed by atoms with Crippen molar-refractivity contribution in [3.8, 4) is 22.3 Å². The molecule has 0 saturated heterocycles. The highest BCUT2D eigenvalue weighted by Gasteiger charge is 2.23. The van der Waals surface area contributed by atoms with Gasteiger partial charge in [0.15, 0.2) is 0 Å². The predicted molar refractivity (Wildman–Crippen MR) is 210 cm³/mol. The average molecular weight is 644 g/mol. The summed E-state index contributed by atoms with van der Waals surface area (Å²) in [6.45, 7) is 0. The Morgan fingerprint density at radius 2 is 1.04 bits per heavy atom. The van der Waals surface area contributed by atoms with Crippen molar-refractivity contribution in [1.82, 2.24) is 0 Å². The summed E-state index contributed by atoms with van der Waals surface area (Å²) in [5, 5.41) is 7.27. The van der Waals surface area contributed by atoms with E-state index in [1.807, 2.05) is 17.4 Å². The van der Waals surface area contributed by atoms with Crippen molar-refractivity contribution >= 4 is 81.3 Å². The number of hydrogen-bond acceptors (Lipinski definition) is 3. The maximum atomic E-state index is 6.44. The maximum absolute atomic E-state index is 6.44. The lowest BCUT2D eigenvalue weighted by Gasteiger charge is -2.29. The van der Waals surface area contributed by atoms with Crippen LogP contribution in [0.25, 0.3) is 75.1 Å². The van der Waals surface area contributed by atoms with Crippen LogP contribution in [0, 0.1) is 0 Å². The lowest BCUT2D eigenvalue weighted by molar-refractivity contribution is 0.669. The molecule has 2 aromatic heterocycles. The molecule has 0 amide bonds. The van der Waals surface area contributed by atoms with E-state index in [1.165, 1.54) is 53.2 Å². The Bertz CT molecular complexity index is 2850. The Morgan fingerprint density at radius 1 is 0.408 bits per heavy atom. The van der Waals surface area contributed by atoms with Crippen molar-refractivity contribution in [1.29, 1.82) is 0 Å². The number of anilines is 3. The molecule has 0 fully saturated rings. The fourth-order valence-electron chi connectivity index (χ4n) is 7.53. The third-order valence-electron chi connectivity index (χ3n) is 9.66. The molecule has 0 aliphatic rings. The Balaban J connectivity index is 1.27. The largest absolute Gasteiger partial charge is 0.456 e. The van der Waals surface area contributed by atoms with Crippen LogP contribution in [0.15, 0.2) is 180 Å². The molecule has 0 atom stereocenters. The molecule has 10 aromatic rings. The summed E-state index contributed by atoms with van der Waals surface area (Å²) in [6.07, 6.45) is 0. The molecule has 0 N–H and O–H groups in total. The number of benzene rings is 8. The standard InChI is InChI=1S/C46H29NOS/c1-2-17-33-30(13-1)14-10-22-35(33)36-18-3-6-23-39(36)47(40-24-12-26-42-46(40)37-19-4-7-25-41(37)48-42)32-16-9-15-31(29-32)34-21-11-28-44-45(34)38-20-5-8-27-43(38)49-44/h1-29H. The van der Waals surface area contributed by atoms with E-state index in [0.29, 0.717) is 0 Å². The van der Waals surface area contributed by atoms with Gasteiger partial charge in [0.2, 0.25) is 0 Å². The van der Waals surface area contributed by atoms with Crippen LogP contribution in [-0.4, -0.2) is 0 Å². The topological polar surface area (TPSA) is 16.4 Å². The van der Waals surface area contributed by atoms with Gasteiger partial charge in [-0.1, -0.05) is 127 Å². The molecule has 0 bridgehead atoms. The number of hydrogen-bond donors (Lipinski definition) is 0. The minimum Gasteiger partial charge on any atom is -0.456 e. The third kappa shape index (κ3) is 4.47. The van der Waals surface area contributed by atoms with E-state index in [0.717, 1.165) is 39.0 Å². The number of thiophene rings is 1. The van der Waals surface area contributed by atoms with E-state index in [-0.39, 0.29) is 0 Å². The molecule has 0 aliphatic carbocycles. The quantitative estimate of drug-likeness (QED) is 0.186. The van der Waals surface area contributed by atoms with E-state index in [2.05, 4.69) is 175 Å². The van der Waals surface area contributed by atoms with Crippen molar-refractivity contribution < 1.29 is 4.42 Å². The first-order chi connectivity index (χ1) is 24.3. The smallest absolute Gasteiger partial charge is 0.137 e. The normalized spacial score (nSPS) is 11.7. The first-order valence-electron chi connectivity index (χ1n) is 16.6. The fourth-order valence-corrected chi connectivity index (χ4v) is 8.67. The minimum absolute atomic E-state index is 0.872. The second-order valence-electron chi connectivity index (χ2n) is 12.5. The summed E-state index contributed by atoms with van der Waals surface area (Å²) >= 11 is 1.86. The Kier molecular flexibility index (Phi) is 6.39. The highest BCUT2D eigenvalue weighted by Crippen LogP contribution is 2.48. The van der Waals surface area contributed by atoms with Crippen LogP contribution in [0.1, 0.15) is 0 Å². The van der Waals surface area contributed by atoms with Crippen molar-refractivity contribution in [2.75, 3.05) is 4.90 Å². The van der Waals surface area contributed by atoms with Gasteiger partial charge in [0.25, 0.3) is 0 Å². The zero-order valence-corrected chi connectivity index (χ0v) is 27.3. The molecule has 3 heteroatoms. The second kappa shape index (κ2) is 11.2. The molecule has 2 nitrogen and oxygen atoms in total. The first-order valence-corrected chi connectivity index (χ1v) is 17.4. The third-order valence-corrected chi connectivity index (χ3v) is 10.8. The Morgan fingerprint density at radius 3 is 2.00 bits per heavy atom. The maximum Gasteiger partial charge on any atom is 0.137 e. The molecule has 0 spiro atoms. The summed E-state index contributed by atoms with van der Waals surface area (Å²) in [5.74, 6) is 0. The average Bonchev–Trinajstić information content (AvgIpc) is 3.74. The fraction of sp³-hybridized carbons (Fsp3) is 0. The van der Waals surface area contributed by atoms with Gasteiger partial charge in [0.1, 0.15) is 11.2 Å². The van der Waals surface area contributed by atoms with Crippen molar-refractivity contribution in [2.45, 2.75) is 0 Å². The summed E-state index contributed by atoms with van der Waals surface area (Å²) in [5.41, 5.74) is 9.82. The van der Waals surface area contributed by atoms with Gasteiger partial charge >= 0.3 is 0 Å². The van der Waals surface area contributed by atoms with Gasteiger partial charge in [-0.2, -0.15) is 0 Å². The summed E-state index contributed by atoms with van der Waals surface area (Å²) in [4.78, 5) is 2.43. The molecule has 0 unspecified atom stereocenters. The van der Waals surface area contributed by atoms with Gasteiger partial charge in [0, 0.05) is 36.8 Å². The van der Waals surface area contributed by atoms with E-state index in [1.54, 1.807) is 0 Å². The van der Waals surface area contributed by atoms with E-state index in [4.69, 9.17) is 4.42 Å². The molecule has 0 radical (unpaired) electrons. The number of furan rings is 1. The number of rotatable bonds is 5. The van der Waals surface area contributed by atoms with Crippen LogP contribution in [0.4, 0.5) is 17.1 Å². The van der Waals surface area contributed by atoms with Crippen LogP contribution in [0.3, 0.4) is 0 Å². The van der Waals surface area contributed by atoms with E-state index >= 15 is 0 Å². The second-order valence-corrected chi connectivity index (χ2v) is 13.5. The molecule has 0 saturated carbocycles. The lowest BCUT2D eigenvalue weighted by Crippen LogP contribution is -2.11. The number of fused-ring (bicyclic) bond motifs is 7. The van der Waals surface area contributed by atoms with E-state index in [9.17, 15) is 0 Å². The van der Waals surface area contributed by atoms with Gasteiger partial charge in [0.05, 0.1) is 16.8 Å². The summed E-state index contributed by atoms with van der Waals surface area (Å²) in [6, 6.07) is 63.2. The Hall–Kier alpha value is -6.16. The SMILES string of the molecule is c1cc(-c2cccc3sc4ccccc4c23)cc(N(c2ccccc2-c2cccc3ccccc23)c2cccc3oc4ccccc4c23)c1. The van der Waals surface area contributed by atoms with Gasteiger partial charge in [-0.3, -0.25) is 0 Å². The van der Waals surface area contributed by atoms with Crippen LogP contribution in [0.5, 0.6) is 0 Å². The van der Waals surface area contributed by atoms with Crippen molar-refractivity contribution in [3.05, 3.63) is 176 Å². The van der Waals surface area contributed by atoms with Crippen LogP contribution >= 0.6 is 11.3 Å². The van der Waals surface area contributed by atoms with Gasteiger partial charge in [-0.25, -0.2) is 0 Å². The van der Waals surface area contributed by atoms with Crippen molar-refractivity contribution in [3.63, 3.8) is 0 Å². The minimum atomic E-state index is 0.872. The number of nitrogens with zero attached hydrogens (tertiary/aromatic N) is 1. The van der Waals surface area contributed by atoms with Gasteiger partial charge < -0.3 is 9.32 Å². The first kappa shape index (κ1) is 27.9. The van der Waals surface area contributed by atoms with Crippen LogP contribution < -0.4 is 4.90 Å². The van der Waals surface area contributed by atoms with Crippen LogP contribution in [0.2, 0.25) is 0 Å². The molecular weight excluding hydrogens is 615 g/mol. The van der Waals surface area contributed by atoms with Crippen LogP contribution in [-0.2, 0) is 0 Å². The zero-order valence-electron chi connectivity index (χ0n) is 26.5. The zero-order chi connectivity index (χ0) is 32.3. The van der Waals surface area contributed by atoms with E-state index < -0.39 is 0 Å². The summed E-state index contributed by atoms with van der Waals surface area (Å²) < 4.78 is 9.05. The molecule has 230 valence electrons. The molecule has 8 aromatic carbocycles. The molecule has 10 rings (SSSR count). The van der Waals surface area contributed by atoms with Gasteiger partial charge in [-0.15, -0.1) is 11.3 Å². The molecule has 0 aliphatic heterocycles.